The van der Waals surface area contributed by atoms with Crippen LogP contribution >= 0.6 is 46.8 Å². The molecule has 1 N–H and O–H groups in total. The van der Waals surface area contributed by atoms with Crippen molar-refractivity contribution in [2.24, 2.45) is 0 Å². The van der Waals surface area contributed by atoms with E-state index in [1.54, 1.807) is 11.3 Å². The molecule has 9 heteroatoms. The molecule has 1 saturated heterocycles. The maximum absolute atomic E-state index is 12.7. The van der Waals surface area contributed by atoms with E-state index >= 15 is 0 Å². The second-order valence-corrected chi connectivity index (χ2v) is 9.94. The Hall–Kier alpha value is -1.54. The monoisotopic (exact) mass is 497 g/mol. The quantitative estimate of drug-likeness (QED) is 0.436. The normalized spacial score (nSPS) is 16.1. The number of carbonyl (C=O) groups excluding carboxylic acids is 1. The van der Waals surface area contributed by atoms with Gasteiger partial charge in [-0.25, -0.2) is 4.79 Å². The van der Waals surface area contributed by atoms with E-state index in [0.717, 1.165) is 68.1 Å². The highest BCUT2D eigenvalue weighted by atomic mass is 35.5. The van der Waals surface area contributed by atoms with Gasteiger partial charge < -0.3 is 19.9 Å². The third-order valence-corrected chi connectivity index (χ3v) is 8.01. The van der Waals surface area contributed by atoms with E-state index in [-0.39, 0.29) is 5.97 Å². The van der Waals surface area contributed by atoms with Gasteiger partial charge >= 0.3 is 5.97 Å². The molecule has 2 aliphatic rings. The summed E-state index contributed by atoms with van der Waals surface area (Å²) in [7, 11) is 0. The Kier molecular flexibility index (Phi) is 7.26. The molecule has 31 heavy (non-hydrogen) atoms. The van der Waals surface area contributed by atoms with Crippen molar-refractivity contribution in [3.05, 3.63) is 44.2 Å². The molecule has 1 aliphatic heterocycles. The first kappa shape index (κ1) is 22.6. The molecule has 1 aliphatic carbocycles. The van der Waals surface area contributed by atoms with E-state index in [1.807, 2.05) is 25.1 Å². The number of halogens is 2. The first-order valence-electron chi connectivity index (χ1n) is 10.6. The van der Waals surface area contributed by atoms with Crippen molar-refractivity contribution in [1.82, 2.24) is 4.90 Å². The topological polar surface area (TPSA) is 44.8 Å². The van der Waals surface area contributed by atoms with Gasteiger partial charge in [0.25, 0.3) is 0 Å². The number of thiocarbonyl (C=S) groups is 1. The van der Waals surface area contributed by atoms with Gasteiger partial charge in [0.1, 0.15) is 5.00 Å². The van der Waals surface area contributed by atoms with Crippen molar-refractivity contribution in [3.8, 4) is 0 Å². The molecule has 2 aromatic rings. The lowest BCUT2D eigenvalue weighted by Gasteiger charge is -2.37. The minimum Gasteiger partial charge on any atom is -0.462 e. The van der Waals surface area contributed by atoms with Gasteiger partial charge in [0, 0.05) is 36.7 Å². The van der Waals surface area contributed by atoms with Gasteiger partial charge in [-0.2, -0.15) is 0 Å². The predicted molar refractivity (Wildman–Crippen MR) is 133 cm³/mol. The molecule has 2 heterocycles. The zero-order valence-corrected chi connectivity index (χ0v) is 20.5. The molecule has 1 aromatic carbocycles. The molecule has 5 nitrogen and oxygen atoms in total. The summed E-state index contributed by atoms with van der Waals surface area (Å²) in [5, 5.41) is 5.96. The highest BCUT2D eigenvalue weighted by molar-refractivity contribution is 7.80. The van der Waals surface area contributed by atoms with Crippen LogP contribution in [0.3, 0.4) is 0 Å². The van der Waals surface area contributed by atoms with Crippen LogP contribution in [0.25, 0.3) is 0 Å². The molecule has 0 bridgehead atoms. The smallest absolute Gasteiger partial charge is 0.341 e. The molecule has 0 saturated carbocycles. The van der Waals surface area contributed by atoms with E-state index in [9.17, 15) is 4.79 Å². The number of carbonyl (C=O) groups is 1. The predicted octanol–water partition coefficient (Wildman–Crippen LogP) is 5.63. The molecule has 0 atom stereocenters. The average Bonchev–Trinajstić information content (AvgIpc) is 3.13. The number of nitrogens with one attached hydrogen (secondary N) is 1. The Bertz CT molecular complexity index is 987. The van der Waals surface area contributed by atoms with Gasteiger partial charge in [-0.15, -0.1) is 11.3 Å². The molecule has 0 radical (unpaired) electrons. The summed E-state index contributed by atoms with van der Waals surface area (Å²) in [6, 6.07) is 5.72. The van der Waals surface area contributed by atoms with Crippen molar-refractivity contribution in [1.29, 1.82) is 0 Å². The number of rotatable bonds is 4. The summed E-state index contributed by atoms with van der Waals surface area (Å²) < 4.78 is 5.35. The Balaban J connectivity index is 1.44. The van der Waals surface area contributed by atoms with Gasteiger partial charge in [-0.05, 0) is 68.6 Å². The van der Waals surface area contributed by atoms with Crippen molar-refractivity contribution in [3.63, 3.8) is 0 Å². The molecule has 0 spiro atoms. The third kappa shape index (κ3) is 4.95. The van der Waals surface area contributed by atoms with Crippen molar-refractivity contribution >= 4 is 68.5 Å². The molecular formula is C22H25Cl2N3O2S2. The van der Waals surface area contributed by atoms with Crippen LogP contribution in [0.1, 0.15) is 40.6 Å². The summed E-state index contributed by atoms with van der Waals surface area (Å²) >= 11 is 19.6. The van der Waals surface area contributed by atoms with Crippen LogP contribution in [0.4, 0.5) is 10.7 Å². The standard InChI is InChI=1S/C22H25Cl2N3O2S2/c1-2-29-21(28)19-15-5-3-4-6-18(15)31-20(19)25-22(30)27-11-9-26(10-12-27)14-7-8-16(23)17(24)13-14/h7-8,13H,2-6,9-12H2,1H3,(H,25,30). The maximum atomic E-state index is 12.7. The number of benzene rings is 1. The van der Waals surface area contributed by atoms with Crippen LogP contribution in [-0.4, -0.2) is 48.8 Å². The van der Waals surface area contributed by atoms with Gasteiger partial charge in [-0.1, -0.05) is 23.2 Å². The SMILES string of the molecule is CCOC(=O)c1c(NC(=S)N2CCN(c3ccc(Cl)c(Cl)c3)CC2)sc2c1CCCC2. The summed E-state index contributed by atoms with van der Waals surface area (Å²) in [6.45, 7) is 5.42. The van der Waals surface area contributed by atoms with Crippen LogP contribution < -0.4 is 10.2 Å². The number of nitrogens with zero attached hydrogens (tertiary/aromatic N) is 2. The molecular weight excluding hydrogens is 473 g/mol. The van der Waals surface area contributed by atoms with Crippen LogP contribution in [0.5, 0.6) is 0 Å². The van der Waals surface area contributed by atoms with Gasteiger partial charge in [-0.3, -0.25) is 0 Å². The van der Waals surface area contributed by atoms with Crippen molar-refractivity contribution in [2.45, 2.75) is 32.6 Å². The fourth-order valence-electron chi connectivity index (χ4n) is 4.10. The van der Waals surface area contributed by atoms with E-state index < -0.39 is 0 Å². The highest BCUT2D eigenvalue weighted by Gasteiger charge is 2.28. The fourth-order valence-corrected chi connectivity index (χ4v) is 6.02. The van der Waals surface area contributed by atoms with Gasteiger partial charge in [0.05, 0.1) is 22.2 Å². The van der Waals surface area contributed by atoms with E-state index in [2.05, 4.69) is 15.1 Å². The van der Waals surface area contributed by atoms with Crippen LogP contribution in [0.15, 0.2) is 18.2 Å². The van der Waals surface area contributed by atoms with E-state index in [4.69, 9.17) is 40.2 Å². The number of anilines is 2. The van der Waals surface area contributed by atoms with Crippen LogP contribution in [-0.2, 0) is 17.6 Å². The van der Waals surface area contributed by atoms with Crippen molar-refractivity contribution < 1.29 is 9.53 Å². The Labute approximate surface area is 202 Å². The average molecular weight is 499 g/mol. The summed E-state index contributed by atoms with van der Waals surface area (Å²) in [4.78, 5) is 18.4. The Morgan fingerprint density at radius 3 is 2.61 bits per heavy atom. The number of aryl methyl sites for hydroxylation is 1. The van der Waals surface area contributed by atoms with Crippen molar-refractivity contribution in [2.75, 3.05) is 43.0 Å². The first-order chi connectivity index (χ1) is 15.0. The second-order valence-electron chi connectivity index (χ2n) is 7.64. The molecule has 0 amide bonds. The molecule has 166 valence electrons. The largest absolute Gasteiger partial charge is 0.462 e. The van der Waals surface area contributed by atoms with Gasteiger partial charge in [0.2, 0.25) is 0 Å². The van der Waals surface area contributed by atoms with Crippen LogP contribution in [0.2, 0.25) is 10.0 Å². The number of fused-ring (bicyclic) bond motifs is 1. The number of ether oxygens (including phenoxy) is 1. The molecule has 0 unspecified atom stereocenters. The fraction of sp³-hybridized carbons (Fsp3) is 0.455. The minimum absolute atomic E-state index is 0.253. The summed E-state index contributed by atoms with van der Waals surface area (Å²) in [5.74, 6) is -0.253. The first-order valence-corrected chi connectivity index (χ1v) is 12.5. The zero-order chi connectivity index (χ0) is 22.0. The molecule has 1 aromatic heterocycles. The minimum atomic E-state index is -0.253. The van der Waals surface area contributed by atoms with E-state index in [1.165, 1.54) is 4.88 Å². The molecule has 1 fully saturated rings. The number of hydrogen-bond acceptors (Lipinski definition) is 5. The van der Waals surface area contributed by atoms with Gasteiger partial charge in [0.15, 0.2) is 5.11 Å². The maximum Gasteiger partial charge on any atom is 0.341 e. The number of hydrogen-bond donors (Lipinski definition) is 1. The Morgan fingerprint density at radius 2 is 1.90 bits per heavy atom. The molecule has 4 rings (SSSR count). The lowest BCUT2D eigenvalue weighted by Crippen LogP contribution is -2.50. The number of esters is 1. The number of thiophene rings is 1. The number of piperazine rings is 1. The second kappa shape index (κ2) is 9.94. The van der Waals surface area contributed by atoms with E-state index in [0.29, 0.717) is 27.3 Å². The lowest BCUT2D eigenvalue weighted by atomic mass is 9.95. The van der Waals surface area contributed by atoms with Crippen LogP contribution in [0, 0.1) is 0 Å². The Morgan fingerprint density at radius 1 is 1.16 bits per heavy atom. The summed E-state index contributed by atoms with van der Waals surface area (Å²) in [5.41, 5.74) is 2.88. The third-order valence-electron chi connectivity index (χ3n) is 5.71. The summed E-state index contributed by atoms with van der Waals surface area (Å²) in [6.07, 6.45) is 4.22. The lowest BCUT2D eigenvalue weighted by molar-refractivity contribution is 0.0526. The zero-order valence-electron chi connectivity index (χ0n) is 17.4. The highest BCUT2D eigenvalue weighted by Crippen LogP contribution is 2.39.